The van der Waals surface area contributed by atoms with Gasteiger partial charge < -0.3 is 18.7 Å². The van der Waals surface area contributed by atoms with Crippen molar-refractivity contribution < 1.29 is 8.83 Å². The molecule has 0 amide bonds. The monoisotopic (exact) mass is 842 g/mol. The third kappa shape index (κ3) is 5.45. The summed E-state index contributed by atoms with van der Waals surface area (Å²) in [5.74, 6) is 0. The minimum absolute atomic E-state index is 0.0254. The lowest BCUT2D eigenvalue weighted by Crippen LogP contribution is -2.37. The number of nitrogens with zero attached hydrogens (tertiary/aromatic N) is 1. The second-order valence-electron chi connectivity index (χ2n) is 21.5. The lowest BCUT2D eigenvalue weighted by atomic mass is 9.58. The standard InChI is InChI=1S/C60H51BN2O2/c1-32-24-43(40-26-39-38-25-34(59(5,6)7)20-23-45(38)60(8,9)46(39)30-48(40)62-35-21-18-33(19-22-35)58(2,3)4)56-57-55(32)44-29-53-42(37-15-11-13-17-52(37)64-53)28-49(44)63(57)50-31-54-41(27-47(50)61-56)36-14-10-12-16-51(36)65-54/h10-31,61-62H,1-9H3. The summed E-state index contributed by atoms with van der Waals surface area (Å²) in [5, 5.41) is 11.0. The number of rotatable bonds is 3. The number of hydrogen-bond donors (Lipinski definition) is 1. The molecule has 0 bridgehead atoms. The number of benzene rings is 8. The molecule has 1 N–H and O–H groups in total. The minimum Gasteiger partial charge on any atom is -0.456 e. The molecule has 0 saturated heterocycles. The van der Waals surface area contributed by atoms with Crippen molar-refractivity contribution in [3.63, 3.8) is 0 Å². The molecular weight excluding hydrogens is 791 g/mol. The van der Waals surface area contributed by atoms with Crippen LogP contribution in [0.5, 0.6) is 0 Å². The quantitative estimate of drug-likeness (QED) is 0.180. The maximum atomic E-state index is 6.60. The molecule has 1 aliphatic heterocycles. The van der Waals surface area contributed by atoms with Crippen molar-refractivity contribution in [1.29, 1.82) is 0 Å². The van der Waals surface area contributed by atoms with E-state index in [-0.39, 0.29) is 16.2 Å². The fraction of sp³-hybridized carbons (Fsp3) is 0.200. The van der Waals surface area contributed by atoms with E-state index in [9.17, 15) is 0 Å². The highest BCUT2D eigenvalue weighted by molar-refractivity contribution is 6.74. The first-order valence-electron chi connectivity index (χ1n) is 23.2. The largest absolute Gasteiger partial charge is 0.456 e. The van der Waals surface area contributed by atoms with Crippen LogP contribution in [0.1, 0.15) is 83.2 Å². The molecule has 0 fully saturated rings. The fourth-order valence-electron chi connectivity index (χ4n) is 11.5. The second-order valence-corrected chi connectivity index (χ2v) is 21.5. The van der Waals surface area contributed by atoms with E-state index in [1.165, 1.54) is 88.5 Å². The highest BCUT2D eigenvalue weighted by Gasteiger charge is 2.38. The van der Waals surface area contributed by atoms with Crippen LogP contribution in [-0.4, -0.2) is 11.8 Å². The van der Waals surface area contributed by atoms with E-state index in [1.54, 1.807) is 0 Å². The molecule has 65 heavy (non-hydrogen) atoms. The summed E-state index contributed by atoms with van der Waals surface area (Å²) in [6.45, 7) is 20.9. The molecule has 0 atom stereocenters. The van der Waals surface area contributed by atoms with Gasteiger partial charge in [0.1, 0.15) is 22.3 Å². The van der Waals surface area contributed by atoms with Gasteiger partial charge in [-0.3, -0.25) is 0 Å². The first-order chi connectivity index (χ1) is 31.1. The van der Waals surface area contributed by atoms with Crippen LogP contribution >= 0.6 is 0 Å². The summed E-state index contributed by atoms with van der Waals surface area (Å²) in [6, 6.07) is 49.9. The van der Waals surface area contributed by atoms with Gasteiger partial charge in [0.15, 0.2) is 7.28 Å². The van der Waals surface area contributed by atoms with Crippen molar-refractivity contribution in [3.05, 3.63) is 161 Å². The van der Waals surface area contributed by atoms with Crippen LogP contribution in [0, 0.1) is 6.92 Å². The second kappa shape index (κ2) is 12.8. The maximum Gasteiger partial charge on any atom is 0.198 e. The molecule has 1 aliphatic carbocycles. The van der Waals surface area contributed by atoms with Gasteiger partial charge in [0.05, 0.1) is 5.52 Å². The van der Waals surface area contributed by atoms with E-state index in [0.717, 1.165) is 62.5 Å². The lowest BCUT2D eigenvalue weighted by Gasteiger charge is -2.26. The number of nitrogens with one attached hydrogen (secondary N) is 1. The van der Waals surface area contributed by atoms with E-state index in [0.29, 0.717) is 0 Å². The predicted molar refractivity (Wildman–Crippen MR) is 277 cm³/mol. The van der Waals surface area contributed by atoms with Gasteiger partial charge in [0.25, 0.3) is 0 Å². The van der Waals surface area contributed by atoms with E-state index in [2.05, 4.69) is 206 Å². The summed E-state index contributed by atoms with van der Waals surface area (Å²) < 4.78 is 15.7. The van der Waals surface area contributed by atoms with Gasteiger partial charge in [-0.1, -0.05) is 140 Å². The van der Waals surface area contributed by atoms with Crippen LogP contribution in [0.25, 0.3) is 93.6 Å². The van der Waals surface area contributed by atoms with Gasteiger partial charge in [-0.2, -0.15) is 0 Å². The molecule has 8 aromatic carbocycles. The Balaban J connectivity index is 1.13. The highest BCUT2D eigenvalue weighted by atomic mass is 16.3. The van der Waals surface area contributed by atoms with Crippen molar-refractivity contribution in [2.45, 2.75) is 78.6 Å². The molecule has 4 heterocycles. The Kier molecular flexibility index (Phi) is 7.61. The summed E-state index contributed by atoms with van der Waals surface area (Å²) in [4.78, 5) is 0. The van der Waals surface area contributed by atoms with Crippen molar-refractivity contribution in [2.75, 3.05) is 5.32 Å². The van der Waals surface area contributed by atoms with Crippen molar-refractivity contribution in [2.24, 2.45) is 0 Å². The molecule has 11 aromatic rings. The average molecular weight is 843 g/mol. The van der Waals surface area contributed by atoms with Crippen LogP contribution in [0.15, 0.2) is 142 Å². The Labute approximate surface area is 380 Å². The van der Waals surface area contributed by atoms with Gasteiger partial charge in [-0.05, 0) is 116 Å². The average Bonchev–Trinajstić information content (AvgIpc) is 3.99. The molecule has 0 saturated carbocycles. The van der Waals surface area contributed by atoms with E-state index in [1.807, 2.05) is 0 Å². The van der Waals surface area contributed by atoms with E-state index < -0.39 is 0 Å². The smallest absolute Gasteiger partial charge is 0.198 e. The molecule has 0 spiro atoms. The highest BCUT2D eigenvalue weighted by Crippen LogP contribution is 2.53. The third-order valence-corrected chi connectivity index (χ3v) is 15.0. The van der Waals surface area contributed by atoms with Gasteiger partial charge in [0, 0.05) is 71.9 Å². The van der Waals surface area contributed by atoms with Crippen LogP contribution in [0.3, 0.4) is 0 Å². The van der Waals surface area contributed by atoms with Gasteiger partial charge in [0.2, 0.25) is 0 Å². The van der Waals surface area contributed by atoms with Gasteiger partial charge in [-0.25, -0.2) is 0 Å². The molecule has 3 aromatic heterocycles. The molecular formula is C60H51BN2O2. The van der Waals surface area contributed by atoms with Crippen LogP contribution in [-0.2, 0) is 16.2 Å². The van der Waals surface area contributed by atoms with E-state index >= 15 is 0 Å². The lowest BCUT2D eigenvalue weighted by molar-refractivity contribution is 0.589. The minimum atomic E-state index is -0.175. The number of para-hydroxylation sites is 2. The summed E-state index contributed by atoms with van der Waals surface area (Å²) in [5.41, 5.74) is 23.7. The van der Waals surface area contributed by atoms with E-state index in [4.69, 9.17) is 8.83 Å². The van der Waals surface area contributed by atoms with Gasteiger partial charge >= 0.3 is 0 Å². The molecule has 2 aliphatic rings. The number of fused-ring (bicyclic) bond motifs is 14. The number of anilines is 2. The summed E-state index contributed by atoms with van der Waals surface area (Å²) >= 11 is 0. The zero-order valence-electron chi connectivity index (χ0n) is 38.7. The first kappa shape index (κ1) is 38.5. The third-order valence-electron chi connectivity index (χ3n) is 15.0. The van der Waals surface area contributed by atoms with Gasteiger partial charge in [-0.15, -0.1) is 0 Å². The molecule has 4 nitrogen and oxygen atoms in total. The summed E-state index contributed by atoms with van der Waals surface area (Å²) in [6.07, 6.45) is 0. The van der Waals surface area contributed by atoms with Crippen LogP contribution < -0.4 is 16.2 Å². The summed E-state index contributed by atoms with van der Waals surface area (Å²) in [7, 11) is 0.777. The Morgan fingerprint density at radius 1 is 0.538 bits per heavy atom. The SMILES string of the molecule is Cc1cc(-c2cc3c(cc2Nc2ccc(C(C)(C)C)cc2)C(C)(C)c2ccc(C(C)(C)C)cc2-3)c2c3c1c1cc4oc5ccccc5c4cc1n3-c1cc3oc4ccccc4c3cc1B2. The zero-order valence-corrected chi connectivity index (χ0v) is 38.7. The van der Waals surface area contributed by atoms with Crippen LogP contribution in [0.4, 0.5) is 11.4 Å². The number of aryl methyl sites for hydroxylation is 1. The molecule has 13 rings (SSSR count). The normalized spacial score (nSPS) is 14.2. The van der Waals surface area contributed by atoms with Crippen LogP contribution in [0.2, 0.25) is 0 Å². The first-order valence-corrected chi connectivity index (χ1v) is 23.2. The van der Waals surface area contributed by atoms with Crippen molar-refractivity contribution in [3.8, 4) is 27.9 Å². The predicted octanol–water partition coefficient (Wildman–Crippen LogP) is 14.9. The number of hydrogen-bond acceptors (Lipinski definition) is 3. The Morgan fingerprint density at radius 2 is 1.17 bits per heavy atom. The van der Waals surface area contributed by atoms with Crippen molar-refractivity contribution >= 4 is 95.3 Å². The Hall–Kier alpha value is -6.98. The fourth-order valence-corrected chi connectivity index (χ4v) is 11.5. The number of aromatic nitrogens is 1. The molecule has 0 radical (unpaired) electrons. The van der Waals surface area contributed by atoms with Crippen molar-refractivity contribution in [1.82, 2.24) is 4.57 Å². The Bertz CT molecular complexity index is 3880. The number of furan rings is 2. The zero-order chi connectivity index (χ0) is 44.5. The maximum absolute atomic E-state index is 6.60. The Morgan fingerprint density at radius 3 is 1.86 bits per heavy atom. The topological polar surface area (TPSA) is 43.2 Å². The molecule has 0 unspecified atom stereocenters. The molecule has 5 heteroatoms. The molecule has 316 valence electrons.